The van der Waals surface area contributed by atoms with E-state index in [1.54, 1.807) is 18.2 Å². The van der Waals surface area contributed by atoms with Gasteiger partial charge in [-0.2, -0.15) is 13.2 Å². The van der Waals surface area contributed by atoms with Crippen molar-refractivity contribution in [1.29, 1.82) is 0 Å². The lowest BCUT2D eigenvalue weighted by molar-refractivity contribution is -0.137. The molecule has 0 fully saturated rings. The highest BCUT2D eigenvalue weighted by Gasteiger charge is 2.31. The number of rotatable bonds is 6. The van der Waals surface area contributed by atoms with Crippen LogP contribution in [-0.2, 0) is 11.0 Å². The summed E-state index contributed by atoms with van der Waals surface area (Å²) in [7, 11) is 2.93. The fourth-order valence-corrected chi connectivity index (χ4v) is 2.29. The van der Waals surface area contributed by atoms with Crippen LogP contribution in [0.3, 0.4) is 0 Å². The molecule has 0 spiro atoms. The maximum atomic E-state index is 12.8. The number of halogens is 4. The maximum Gasteiger partial charge on any atom is 0.416 e. The van der Waals surface area contributed by atoms with Gasteiger partial charge >= 0.3 is 6.18 Å². The zero-order valence-electron chi connectivity index (χ0n) is 13.9. The molecule has 0 saturated heterocycles. The van der Waals surface area contributed by atoms with Gasteiger partial charge in [0.25, 0.3) is 0 Å². The number of amides is 1. The van der Waals surface area contributed by atoms with Gasteiger partial charge in [-0.25, -0.2) is 0 Å². The summed E-state index contributed by atoms with van der Waals surface area (Å²) in [4.78, 5) is 12.1. The van der Waals surface area contributed by atoms with E-state index in [-0.39, 0.29) is 17.3 Å². The quantitative estimate of drug-likeness (QED) is 0.768. The van der Waals surface area contributed by atoms with E-state index in [0.717, 1.165) is 18.2 Å². The Morgan fingerprint density at radius 1 is 1.08 bits per heavy atom. The zero-order valence-corrected chi connectivity index (χ0v) is 14.7. The molecule has 0 unspecified atom stereocenters. The van der Waals surface area contributed by atoms with E-state index in [2.05, 4.69) is 10.6 Å². The highest BCUT2D eigenvalue weighted by molar-refractivity contribution is 6.33. The van der Waals surface area contributed by atoms with Gasteiger partial charge in [-0.15, -0.1) is 0 Å². The molecule has 2 aromatic rings. The second kappa shape index (κ2) is 8.18. The first-order valence-corrected chi connectivity index (χ1v) is 7.75. The lowest BCUT2D eigenvalue weighted by Crippen LogP contribution is -2.22. The van der Waals surface area contributed by atoms with E-state index in [9.17, 15) is 18.0 Å². The number of ether oxygens (including phenoxy) is 2. The molecule has 1 amide bonds. The molecule has 0 heterocycles. The molecular formula is C17H16ClF3N2O3. The van der Waals surface area contributed by atoms with Crippen LogP contribution in [0.5, 0.6) is 11.5 Å². The predicted octanol–water partition coefficient (Wildman–Crippen LogP) is 4.43. The fraction of sp³-hybridized carbons (Fsp3) is 0.235. The summed E-state index contributed by atoms with van der Waals surface area (Å²) in [5.74, 6) is 0.450. The zero-order chi connectivity index (χ0) is 19.3. The third kappa shape index (κ3) is 4.95. The van der Waals surface area contributed by atoms with Gasteiger partial charge in [0.05, 0.1) is 42.7 Å². The molecule has 0 aliphatic rings. The summed E-state index contributed by atoms with van der Waals surface area (Å²) >= 11 is 5.88. The summed E-state index contributed by atoms with van der Waals surface area (Å²) < 4.78 is 48.5. The van der Waals surface area contributed by atoms with Gasteiger partial charge in [-0.3, -0.25) is 4.79 Å². The first-order chi connectivity index (χ1) is 12.2. The number of carbonyl (C=O) groups is 1. The molecule has 26 heavy (non-hydrogen) atoms. The fourth-order valence-electron chi connectivity index (χ4n) is 2.11. The van der Waals surface area contributed by atoms with Crippen LogP contribution in [0.25, 0.3) is 0 Å². The van der Waals surface area contributed by atoms with E-state index < -0.39 is 17.6 Å². The van der Waals surface area contributed by atoms with Crippen LogP contribution in [0.1, 0.15) is 5.56 Å². The molecule has 5 nitrogen and oxygen atoms in total. The number of benzene rings is 2. The molecule has 0 atom stereocenters. The van der Waals surface area contributed by atoms with Crippen molar-refractivity contribution < 1.29 is 27.4 Å². The molecule has 2 N–H and O–H groups in total. The van der Waals surface area contributed by atoms with Gasteiger partial charge in [-0.05, 0) is 30.3 Å². The summed E-state index contributed by atoms with van der Waals surface area (Å²) in [6.45, 7) is -0.282. The minimum absolute atomic E-state index is 0.0123. The average Bonchev–Trinajstić information content (AvgIpc) is 2.60. The SMILES string of the molecule is COc1ccc(NC(=O)CNc2cc(C(F)(F)F)ccc2Cl)c(OC)c1. The van der Waals surface area contributed by atoms with E-state index >= 15 is 0 Å². The van der Waals surface area contributed by atoms with Gasteiger partial charge in [0.15, 0.2) is 0 Å². The van der Waals surface area contributed by atoms with E-state index in [1.165, 1.54) is 14.2 Å². The second-order valence-corrected chi connectivity index (χ2v) is 5.57. The standard InChI is InChI=1S/C17H16ClF3N2O3/c1-25-11-4-6-13(15(8-11)26-2)23-16(24)9-22-14-7-10(17(19,20)21)3-5-12(14)18/h3-8,22H,9H2,1-2H3,(H,23,24). The molecule has 2 aromatic carbocycles. The third-order valence-electron chi connectivity index (χ3n) is 3.42. The van der Waals surface area contributed by atoms with E-state index in [1.807, 2.05) is 0 Å². The van der Waals surface area contributed by atoms with Crippen molar-refractivity contribution in [2.24, 2.45) is 0 Å². The maximum absolute atomic E-state index is 12.8. The van der Waals surface area contributed by atoms with Crippen molar-refractivity contribution >= 4 is 28.9 Å². The molecule has 0 aromatic heterocycles. The highest BCUT2D eigenvalue weighted by Crippen LogP contribution is 2.34. The van der Waals surface area contributed by atoms with Gasteiger partial charge in [0.1, 0.15) is 11.5 Å². The Labute approximate surface area is 153 Å². The van der Waals surface area contributed by atoms with Crippen LogP contribution in [0.4, 0.5) is 24.5 Å². The van der Waals surface area contributed by atoms with E-state index in [4.69, 9.17) is 21.1 Å². The molecule has 0 radical (unpaired) electrons. The monoisotopic (exact) mass is 388 g/mol. The minimum Gasteiger partial charge on any atom is -0.497 e. The Morgan fingerprint density at radius 2 is 1.81 bits per heavy atom. The van der Waals surface area contributed by atoms with Crippen LogP contribution in [0.2, 0.25) is 5.02 Å². The van der Waals surface area contributed by atoms with Crippen molar-refractivity contribution in [3.63, 3.8) is 0 Å². The number of hydrogen-bond donors (Lipinski definition) is 2. The number of methoxy groups -OCH3 is 2. The van der Waals surface area contributed by atoms with Crippen LogP contribution in [0.15, 0.2) is 36.4 Å². The van der Waals surface area contributed by atoms with Crippen LogP contribution in [0, 0.1) is 0 Å². The number of carbonyl (C=O) groups excluding carboxylic acids is 1. The van der Waals surface area contributed by atoms with E-state index in [0.29, 0.717) is 17.2 Å². The predicted molar refractivity (Wildman–Crippen MR) is 93.1 cm³/mol. The third-order valence-corrected chi connectivity index (χ3v) is 3.75. The summed E-state index contributed by atoms with van der Waals surface area (Å²) in [6.07, 6.45) is -4.50. The average molecular weight is 389 g/mol. The number of nitrogens with one attached hydrogen (secondary N) is 2. The topological polar surface area (TPSA) is 59.6 Å². The number of hydrogen-bond acceptors (Lipinski definition) is 4. The molecule has 9 heteroatoms. The van der Waals surface area contributed by atoms with Crippen LogP contribution < -0.4 is 20.1 Å². The van der Waals surface area contributed by atoms with Gasteiger partial charge in [0, 0.05) is 6.07 Å². The second-order valence-electron chi connectivity index (χ2n) is 5.16. The largest absolute Gasteiger partial charge is 0.497 e. The van der Waals surface area contributed by atoms with Crippen LogP contribution in [-0.4, -0.2) is 26.7 Å². The van der Waals surface area contributed by atoms with Gasteiger partial charge in [0.2, 0.25) is 5.91 Å². The number of alkyl halides is 3. The normalized spacial score (nSPS) is 11.0. The first-order valence-electron chi connectivity index (χ1n) is 7.37. The smallest absolute Gasteiger partial charge is 0.416 e. The molecule has 0 saturated carbocycles. The van der Waals surface area contributed by atoms with Crippen molar-refractivity contribution in [1.82, 2.24) is 0 Å². The molecular weight excluding hydrogens is 373 g/mol. The lowest BCUT2D eigenvalue weighted by atomic mass is 10.2. The number of anilines is 2. The van der Waals surface area contributed by atoms with Crippen molar-refractivity contribution in [2.75, 3.05) is 31.4 Å². The molecule has 0 aliphatic carbocycles. The van der Waals surface area contributed by atoms with Gasteiger partial charge in [-0.1, -0.05) is 11.6 Å². The Hall–Kier alpha value is -2.61. The van der Waals surface area contributed by atoms with Crippen LogP contribution >= 0.6 is 11.6 Å². The highest BCUT2D eigenvalue weighted by atomic mass is 35.5. The van der Waals surface area contributed by atoms with Crippen molar-refractivity contribution in [3.8, 4) is 11.5 Å². The Bertz CT molecular complexity index is 797. The first kappa shape index (κ1) is 19.7. The summed E-state index contributed by atoms with van der Waals surface area (Å²) in [6, 6.07) is 7.66. The molecule has 140 valence electrons. The van der Waals surface area contributed by atoms with Gasteiger partial charge < -0.3 is 20.1 Å². The summed E-state index contributed by atoms with van der Waals surface area (Å²) in [5.41, 5.74) is -0.449. The summed E-state index contributed by atoms with van der Waals surface area (Å²) in [5, 5.41) is 5.27. The van der Waals surface area contributed by atoms with Crippen molar-refractivity contribution in [3.05, 3.63) is 47.0 Å². The Kier molecular flexibility index (Phi) is 6.20. The molecule has 0 aliphatic heterocycles. The molecule has 2 rings (SSSR count). The lowest BCUT2D eigenvalue weighted by Gasteiger charge is -2.14. The Morgan fingerprint density at radius 3 is 2.42 bits per heavy atom. The van der Waals surface area contributed by atoms with Crippen molar-refractivity contribution in [2.45, 2.75) is 6.18 Å². The Balaban J connectivity index is 2.06. The minimum atomic E-state index is -4.50. The molecule has 0 bridgehead atoms.